The molecule has 292 valence electrons. The number of aromatic nitrogens is 4. The Morgan fingerprint density at radius 3 is 1.91 bits per heavy atom. The Labute approximate surface area is 320 Å². The molecule has 4 heterocycles. The maximum Gasteiger partial charge on any atom is 0.407 e. The van der Waals surface area contributed by atoms with E-state index >= 15 is 0 Å². The van der Waals surface area contributed by atoms with E-state index in [1.165, 1.54) is 14.2 Å². The lowest BCUT2D eigenvalue weighted by Crippen LogP contribution is -2.51. The van der Waals surface area contributed by atoms with E-state index < -0.39 is 24.3 Å². The van der Waals surface area contributed by atoms with Crippen LogP contribution in [0.5, 0.6) is 11.5 Å². The first-order valence-corrected chi connectivity index (χ1v) is 18.8. The average Bonchev–Trinajstić information content (AvgIpc) is 4.02. The number of alkyl carbamates (subject to hydrolysis) is 2. The van der Waals surface area contributed by atoms with Gasteiger partial charge in [-0.15, -0.1) is 0 Å². The van der Waals surface area contributed by atoms with Crippen LogP contribution in [0, 0.1) is 11.8 Å². The molecule has 15 nitrogen and oxygen atoms in total. The number of likely N-dealkylation sites (tertiary alicyclic amines) is 2. The van der Waals surface area contributed by atoms with Crippen molar-refractivity contribution in [3.63, 3.8) is 0 Å². The number of rotatable bonds is 12. The van der Waals surface area contributed by atoms with Crippen molar-refractivity contribution in [2.75, 3.05) is 27.3 Å². The average molecular weight is 755 g/mol. The van der Waals surface area contributed by atoms with Gasteiger partial charge in [0.1, 0.15) is 35.2 Å². The molecule has 4 atom stereocenters. The lowest BCUT2D eigenvalue weighted by molar-refractivity contribution is -0.136. The quantitative estimate of drug-likeness (QED) is 0.128. The highest BCUT2D eigenvalue weighted by atomic mass is 16.5. The van der Waals surface area contributed by atoms with Crippen LogP contribution in [0.3, 0.4) is 0 Å². The molecule has 2 aliphatic heterocycles. The first-order chi connectivity index (χ1) is 26.5. The van der Waals surface area contributed by atoms with Crippen molar-refractivity contribution in [1.29, 1.82) is 0 Å². The number of nitrogens with one attached hydrogen (secondary N) is 4. The normalized spacial score (nSPS) is 18.0. The topological polar surface area (TPSA) is 184 Å². The van der Waals surface area contributed by atoms with E-state index in [0.29, 0.717) is 36.2 Å². The maximum absolute atomic E-state index is 13.5. The number of hydrogen-bond donors (Lipinski definition) is 4. The largest absolute Gasteiger partial charge is 0.457 e. The minimum atomic E-state index is -0.704. The number of aromatic amines is 2. The maximum atomic E-state index is 13.5. The van der Waals surface area contributed by atoms with E-state index in [-0.39, 0.29) is 35.7 Å². The van der Waals surface area contributed by atoms with E-state index in [2.05, 4.69) is 25.6 Å². The summed E-state index contributed by atoms with van der Waals surface area (Å²) in [5.41, 5.74) is 3.30. The summed E-state index contributed by atoms with van der Waals surface area (Å²) in [5.74, 6) is 2.12. The van der Waals surface area contributed by atoms with Crippen molar-refractivity contribution in [3.8, 4) is 34.0 Å². The predicted octanol–water partition coefficient (Wildman–Crippen LogP) is 6.35. The molecule has 55 heavy (non-hydrogen) atoms. The molecule has 0 bridgehead atoms. The van der Waals surface area contributed by atoms with Crippen LogP contribution in [0.25, 0.3) is 22.5 Å². The number of H-pyrrole nitrogens is 2. The van der Waals surface area contributed by atoms with Crippen LogP contribution in [0.1, 0.15) is 77.1 Å². The van der Waals surface area contributed by atoms with Crippen molar-refractivity contribution in [3.05, 3.63) is 72.6 Å². The first-order valence-electron chi connectivity index (χ1n) is 18.8. The molecule has 4 N–H and O–H groups in total. The number of methoxy groups -OCH3 is 2. The molecule has 4 aromatic rings. The molecular formula is C40H50N8O7. The van der Waals surface area contributed by atoms with Crippen molar-refractivity contribution in [1.82, 2.24) is 40.4 Å². The number of carbonyl (C=O) groups excluding carboxylic acids is 4. The zero-order valence-electron chi connectivity index (χ0n) is 32.1. The van der Waals surface area contributed by atoms with Crippen LogP contribution in [-0.4, -0.2) is 93.1 Å². The van der Waals surface area contributed by atoms with Gasteiger partial charge in [-0.2, -0.15) is 0 Å². The Hall–Kier alpha value is -5.86. The Bertz CT molecular complexity index is 1970. The monoisotopic (exact) mass is 754 g/mol. The lowest BCUT2D eigenvalue weighted by Gasteiger charge is -2.30. The molecule has 15 heteroatoms. The summed E-state index contributed by atoms with van der Waals surface area (Å²) >= 11 is 0. The van der Waals surface area contributed by atoms with E-state index in [1.807, 2.05) is 82.4 Å². The SMILES string of the molecule is COC(=O)NC(C(=O)N1CCC[C@H]1c1ncc(-c2ccc(Oc3cccc(-c4c[nH]c([C@@H]5CCCN5C(=O)[C@@H](NC(=O)OC)C(C)C)n4)c3)cc2)[nH]1)C(C)C. The summed E-state index contributed by atoms with van der Waals surface area (Å²) in [6, 6.07) is 13.5. The summed E-state index contributed by atoms with van der Waals surface area (Å²) in [4.78, 5) is 70.7. The highest BCUT2D eigenvalue weighted by Gasteiger charge is 2.39. The van der Waals surface area contributed by atoms with Crippen molar-refractivity contribution < 1.29 is 33.4 Å². The second-order valence-corrected chi connectivity index (χ2v) is 14.6. The fourth-order valence-corrected chi connectivity index (χ4v) is 7.25. The number of carbonyl (C=O) groups is 4. The van der Waals surface area contributed by atoms with Gasteiger partial charge < -0.3 is 44.6 Å². The van der Waals surface area contributed by atoms with Gasteiger partial charge in [0.15, 0.2) is 0 Å². The molecular weight excluding hydrogens is 704 g/mol. The second-order valence-electron chi connectivity index (χ2n) is 14.6. The van der Waals surface area contributed by atoms with Gasteiger partial charge in [-0.1, -0.05) is 39.8 Å². The van der Waals surface area contributed by atoms with Gasteiger partial charge in [0.25, 0.3) is 0 Å². The van der Waals surface area contributed by atoms with Gasteiger partial charge in [0.05, 0.1) is 43.9 Å². The molecule has 1 unspecified atom stereocenters. The minimum absolute atomic E-state index is 0.115. The van der Waals surface area contributed by atoms with Crippen LogP contribution in [0.2, 0.25) is 0 Å². The van der Waals surface area contributed by atoms with Gasteiger partial charge >= 0.3 is 12.2 Å². The molecule has 2 aromatic heterocycles. The van der Waals surface area contributed by atoms with Gasteiger partial charge in [-0.25, -0.2) is 19.6 Å². The van der Waals surface area contributed by atoms with Crippen LogP contribution in [-0.2, 0) is 19.1 Å². The Kier molecular flexibility index (Phi) is 12.1. The third-order valence-electron chi connectivity index (χ3n) is 10.2. The minimum Gasteiger partial charge on any atom is -0.457 e. The highest BCUT2D eigenvalue weighted by Crippen LogP contribution is 2.35. The summed E-state index contributed by atoms with van der Waals surface area (Å²) in [7, 11) is 2.56. The molecule has 0 spiro atoms. The molecule has 0 radical (unpaired) electrons. The van der Waals surface area contributed by atoms with E-state index in [4.69, 9.17) is 19.2 Å². The van der Waals surface area contributed by atoms with E-state index in [9.17, 15) is 19.2 Å². The molecule has 4 amide bonds. The van der Waals surface area contributed by atoms with Gasteiger partial charge in [-0.3, -0.25) is 9.59 Å². The number of imidazole rings is 2. The lowest BCUT2D eigenvalue weighted by atomic mass is 10.0. The number of hydrogen-bond acceptors (Lipinski definition) is 9. The highest BCUT2D eigenvalue weighted by molar-refractivity contribution is 5.87. The predicted molar refractivity (Wildman–Crippen MR) is 204 cm³/mol. The van der Waals surface area contributed by atoms with E-state index in [0.717, 1.165) is 48.2 Å². The summed E-state index contributed by atoms with van der Waals surface area (Å²) in [6.45, 7) is 8.72. The molecule has 0 aliphatic carbocycles. The second kappa shape index (κ2) is 17.1. The van der Waals surface area contributed by atoms with Crippen LogP contribution < -0.4 is 15.4 Å². The Morgan fingerprint density at radius 1 is 0.764 bits per heavy atom. The standard InChI is InChI=1S/C40H50N8O7/c1-23(2)33(45-39(51)53-5)37(49)47-18-8-12-31(47)35-41-21-29(43-35)25-14-16-27(17-15-25)55-28-11-7-10-26(20-28)30-22-42-36(44-30)32-13-9-19-48(32)38(50)34(24(3)4)46-40(52)54-6/h7,10-11,14-17,20-24,31-34H,8-9,12-13,18-19H2,1-6H3,(H,41,43)(H,42,44)(H,45,51)(H,46,52)/t31-,32-,33?,34-/m0/s1. The fraction of sp³-hybridized carbons (Fsp3) is 0.450. The van der Waals surface area contributed by atoms with Crippen LogP contribution >= 0.6 is 0 Å². The third kappa shape index (κ3) is 8.76. The van der Waals surface area contributed by atoms with Crippen molar-refractivity contribution in [2.24, 2.45) is 11.8 Å². The molecule has 6 rings (SSSR count). The number of nitrogens with zero attached hydrogens (tertiary/aromatic N) is 4. The third-order valence-corrected chi connectivity index (χ3v) is 10.2. The summed E-state index contributed by atoms with van der Waals surface area (Å²) in [6.07, 6.45) is 5.52. The molecule has 2 fully saturated rings. The molecule has 0 saturated carbocycles. The number of benzene rings is 2. The molecule has 2 saturated heterocycles. The Morgan fingerprint density at radius 2 is 1.35 bits per heavy atom. The van der Waals surface area contributed by atoms with Gasteiger partial charge in [-0.05, 0) is 79.5 Å². The van der Waals surface area contributed by atoms with E-state index in [1.54, 1.807) is 16.0 Å². The van der Waals surface area contributed by atoms with Gasteiger partial charge in [0.2, 0.25) is 11.8 Å². The zero-order valence-corrected chi connectivity index (χ0v) is 32.1. The van der Waals surface area contributed by atoms with Crippen LogP contribution in [0.15, 0.2) is 60.9 Å². The number of ether oxygens (including phenoxy) is 3. The smallest absolute Gasteiger partial charge is 0.407 e. The fourth-order valence-electron chi connectivity index (χ4n) is 7.25. The Balaban J connectivity index is 1.10. The van der Waals surface area contributed by atoms with Crippen LogP contribution in [0.4, 0.5) is 9.59 Å². The first kappa shape index (κ1) is 38.9. The van der Waals surface area contributed by atoms with Crippen molar-refractivity contribution in [2.45, 2.75) is 77.5 Å². The molecule has 2 aliphatic rings. The zero-order chi connectivity index (χ0) is 39.2. The van der Waals surface area contributed by atoms with Gasteiger partial charge in [0, 0.05) is 24.8 Å². The number of amides is 4. The molecule has 2 aromatic carbocycles. The summed E-state index contributed by atoms with van der Waals surface area (Å²) in [5, 5.41) is 5.37. The van der Waals surface area contributed by atoms with Crippen molar-refractivity contribution >= 4 is 24.0 Å². The summed E-state index contributed by atoms with van der Waals surface area (Å²) < 4.78 is 15.7.